The van der Waals surface area contributed by atoms with Gasteiger partial charge in [0.15, 0.2) is 34.5 Å². The fourth-order valence-corrected chi connectivity index (χ4v) is 2.61. The molecule has 36 heavy (non-hydrogen) atoms. The normalized spacial score (nSPS) is 12.6. The Morgan fingerprint density at radius 2 is 0.889 bits per heavy atom. The second-order valence-corrected chi connectivity index (χ2v) is 7.38. The topological polar surface area (TPSA) is 233 Å². The van der Waals surface area contributed by atoms with Crippen molar-refractivity contribution in [3.63, 3.8) is 0 Å². The van der Waals surface area contributed by atoms with Gasteiger partial charge in [0.25, 0.3) is 0 Å². The van der Waals surface area contributed by atoms with Gasteiger partial charge >= 0.3 is 11.9 Å². The Hall–Kier alpha value is -3.98. The molecule has 0 saturated carbocycles. The zero-order valence-electron chi connectivity index (χ0n) is 18.7. The Morgan fingerprint density at radius 1 is 0.583 bits per heavy atom. The lowest BCUT2D eigenvalue weighted by Crippen LogP contribution is -2.26. The molecule has 0 fully saturated rings. The molecule has 2 unspecified atom stereocenters. The number of aliphatic hydroxyl groups excluding tert-OH is 2. The first kappa shape index (κ1) is 28.3. The van der Waals surface area contributed by atoms with Crippen molar-refractivity contribution >= 4 is 11.9 Å². The second kappa shape index (κ2) is 13.2. The fourth-order valence-electron chi connectivity index (χ4n) is 2.61. The Labute approximate surface area is 203 Å². The molecule has 2 aromatic carbocycles. The lowest BCUT2D eigenvalue weighted by atomic mass is 10.2. The molecule has 0 aliphatic heterocycles. The van der Waals surface area contributed by atoms with Crippen LogP contribution in [0, 0.1) is 0 Å². The number of phenols is 6. The van der Waals surface area contributed by atoms with Crippen molar-refractivity contribution in [3.05, 3.63) is 35.4 Å². The molecule has 2 atom stereocenters. The van der Waals surface area contributed by atoms with Crippen molar-refractivity contribution in [1.29, 1.82) is 0 Å². The molecule has 14 heteroatoms. The first-order valence-corrected chi connectivity index (χ1v) is 10.3. The summed E-state index contributed by atoms with van der Waals surface area (Å²) in [6.07, 6.45) is -2.39. The van der Waals surface area contributed by atoms with E-state index in [9.17, 15) is 50.4 Å². The standard InChI is InChI=1S/C22H26O14/c23-13(9-35-21(31)11-3-15(25)19(29)16(26)4-11)7-33-1-2-34-8-14(24)10-36-22(32)12-5-17(27)20(30)18(28)6-12/h3-6,13-14,23-30H,1-2,7-10H2. The van der Waals surface area contributed by atoms with Gasteiger partial charge in [-0.2, -0.15) is 0 Å². The highest BCUT2D eigenvalue weighted by Gasteiger charge is 2.17. The first-order valence-electron chi connectivity index (χ1n) is 10.3. The summed E-state index contributed by atoms with van der Waals surface area (Å²) in [4.78, 5) is 23.8. The van der Waals surface area contributed by atoms with Crippen LogP contribution in [0.4, 0.5) is 0 Å². The van der Waals surface area contributed by atoms with Crippen LogP contribution in [0.2, 0.25) is 0 Å². The highest BCUT2D eigenvalue weighted by molar-refractivity contribution is 5.91. The summed E-state index contributed by atoms with van der Waals surface area (Å²) in [6.45, 7) is -1.36. The van der Waals surface area contributed by atoms with Gasteiger partial charge in [0, 0.05) is 0 Å². The van der Waals surface area contributed by atoms with Crippen LogP contribution in [0.25, 0.3) is 0 Å². The van der Waals surface area contributed by atoms with Crippen LogP contribution >= 0.6 is 0 Å². The number of hydrogen-bond donors (Lipinski definition) is 8. The van der Waals surface area contributed by atoms with E-state index in [4.69, 9.17) is 18.9 Å². The minimum absolute atomic E-state index is 0.00326. The maximum absolute atomic E-state index is 11.9. The third-order valence-corrected chi connectivity index (χ3v) is 4.42. The molecule has 0 spiro atoms. The molecule has 0 aliphatic rings. The monoisotopic (exact) mass is 514 g/mol. The average Bonchev–Trinajstić information content (AvgIpc) is 2.84. The van der Waals surface area contributed by atoms with Gasteiger partial charge < -0.3 is 59.8 Å². The highest BCUT2D eigenvalue weighted by atomic mass is 16.6. The maximum atomic E-state index is 11.9. The quantitative estimate of drug-likeness (QED) is 0.0973. The number of phenolic OH excluding ortho intramolecular Hbond substituents is 6. The van der Waals surface area contributed by atoms with Gasteiger partial charge in [-0.3, -0.25) is 0 Å². The number of carbonyl (C=O) groups is 2. The van der Waals surface area contributed by atoms with E-state index in [1.54, 1.807) is 0 Å². The van der Waals surface area contributed by atoms with E-state index in [2.05, 4.69) is 0 Å². The summed E-state index contributed by atoms with van der Waals surface area (Å²) in [6, 6.07) is 3.54. The van der Waals surface area contributed by atoms with E-state index in [1.807, 2.05) is 0 Å². The van der Waals surface area contributed by atoms with Crippen LogP contribution in [0.3, 0.4) is 0 Å². The van der Waals surface area contributed by atoms with Crippen molar-refractivity contribution in [2.75, 3.05) is 39.6 Å². The van der Waals surface area contributed by atoms with Crippen molar-refractivity contribution in [2.45, 2.75) is 12.2 Å². The van der Waals surface area contributed by atoms with Crippen LogP contribution in [0.5, 0.6) is 34.5 Å². The third kappa shape index (κ3) is 8.35. The molecular weight excluding hydrogens is 488 g/mol. The van der Waals surface area contributed by atoms with Gasteiger partial charge in [0.2, 0.25) is 0 Å². The van der Waals surface area contributed by atoms with Crippen LogP contribution in [-0.4, -0.2) is 105 Å². The van der Waals surface area contributed by atoms with E-state index in [0.29, 0.717) is 0 Å². The number of ether oxygens (including phenoxy) is 4. The highest BCUT2D eigenvalue weighted by Crippen LogP contribution is 2.36. The molecule has 0 bridgehead atoms. The van der Waals surface area contributed by atoms with E-state index in [0.717, 1.165) is 24.3 Å². The molecule has 8 N–H and O–H groups in total. The Morgan fingerprint density at radius 3 is 1.19 bits per heavy atom. The number of benzene rings is 2. The van der Waals surface area contributed by atoms with Gasteiger partial charge in [0.05, 0.1) is 37.6 Å². The first-order chi connectivity index (χ1) is 17.0. The van der Waals surface area contributed by atoms with Gasteiger partial charge in [-0.25, -0.2) is 9.59 Å². The fraction of sp³-hybridized carbons (Fsp3) is 0.364. The number of aromatic hydroxyl groups is 6. The summed E-state index contributed by atoms with van der Waals surface area (Å²) in [5.74, 6) is -6.36. The molecule has 2 aromatic rings. The largest absolute Gasteiger partial charge is 0.504 e. The van der Waals surface area contributed by atoms with Crippen LogP contribution in [0.1, 0.15) is 20.7 Å². The molecule has 0 radical (unpaired) electrons. The minimum atomic E-state index is -1.20. The number of hydrogen-bond acceptors (Lipinski definition) is 14. The van der Waals surface area contributed by atoms with Gasteiger partial charge in [0.1, 0.15) is 25.4 Å². The van der Waals surface area contributed by atoms with Crippen molar-refractivity contribution in [2.24, 2.45) is 0 Å². The zero-order chi connectivity index (χ0) is 26.8. The Kier molecular flexibility index (Phi) is 10.4. The molecule has 14 nitrogen and oxygen atoms in total. The van der Waals surface area contributed by atoms with E-state index in [-0.39, 0.29) is 37.6 Å². The Balaban J connectivity index is 1.57. The number of carbonyl (C=O) groups excluding carboxylic acids is 2. The van der Waals surface area contributed by atoms with E-state index < -0.39 is 71.9 Å². The molecule has 2 rings (SSSR count). The summed E-state index contributed by atoms with van der Waals surface area (Å²) >= 11 is 0. The predicted molar refractivity (Wildman–Crippen MR) is 117 cm³/mol. The average molecular weight is 514 g/mol. The summed E-state index contributed by atoms with van der Waals surface area (Å²) in [5.41, 5.74) is -0.485. The van der Waals surface area contributed by atoms with E-state index in [1.165, 1.54) is 0 Å². The lowest BCUT2D eigenvalue weighted by Gasteiger charge is -2.14. The number of rotatable bonds is 13. The summed E-state index contributed by atoms with van der Waals surface area (Å²) < 4.78 is 19.9. The van der Waals surface area contributed by atoms with Crippen LogP contribution in [-0.2, 0) is 18.9 Å². The zero-order valence-corrected chi connectivity index (χ0v) is 18.7. The van der Waals surface area contributed by atoms with Gasteiger partial charge in [-0.1, -0.05) is 0 Å². The third-order valence-electron chi connectivity index (χ3n) is 4.42. The minimum Gasteiger partial charge on any atom is -0.504 e. The maximum Gasteiger partial charge on any atom is 0.338 e. The van der Waals surface area contributed by atoms with Crippen molar-refractivity contribution < 1.29 is 69.4 Å². The lowest BCUT2D eigenvalue weighted by molar-refractivity contribution is -0.0423. The molecule has 0 aromatic heterocycles. The molecule has 0 heterocycles. The molecular formula is C22H26O14. The van der Waals surface area contributed by atoms with Crippen LogP contribution < -0.4 is 0 Å². The van der Waals surface area contributed by atoms with Gasteiger partial charge in [-0.15, -0.1) is 0 Å². The predicted octanol–water partition coefficient (Wildman–Crippen LogP) is -0.311. The number of aliphatic hydroxyl groups is 2. The van der Waals surface area contributed by atoms with Crippen molar-refractivity contribution in [1.82, 2.24) is 0 Å². The SMILES string of the molecule is O=C(OCC(O)COCCOCC(O)COC(=O)c1cc(O)c(O)c(O)c1)c1cc(O)c(O)c(O)c1. The van der Waals surface area contributed by atoms with Crippen LogP contribution in [0.15, 0.2) is 24.3 Å². The molecule has 198 valence electrons. The van der Waals surface area contributed by atoms with Crippen molar-refractivity contribution in [3.8, 4) is 34.5 Å². The Bertz CT molecular complexity index is 924. The number of esters is 2. The van der Waals surface area contributed by atoms with E-state index >= 15 is 0 Å². The van der Waals surface area contributed by atoms with Gasteiger partial charge in [-0.05, 0) is 24.3 Å². The molecule has 0 saturated heterocycles. The molecule has 0 aliphatic carbocycles. The summed E-state index contributed by atoms with van der Waals surface area (Å²) in [5, 5.41) is 75.7. The second-order valence-electron chi connectivity index (χ2n) is 7.38. The molecule has 0 amide bonds. The smallest absolute Gasteiger partial charge is 0.338 e. The summed E-state index contributed by atoms with van der Waals surface area (Å²) in [7, 11) is 0.